The molecule has 3 aromatic rings. The van der Waals surface area contributed by atoms with E-state index < -0.39 is 5.54 Å². The van der Waals surface area contributed by atoms with E-state index in [-0.39, 0.29) is 47.8 Å². The third-order valence-corrected chi connectivity index (χ3v) is 7.45. The van der Waals surface area contributed by atoms with E-state index in [2.05, 4.69) is 98.3 Å². The molecule has 0 saturated carbocycles. The van der Waals surface area contributed by atoms with Gasteiger partial charge in [-0.3, -0.25) is 19.5 Å². The van der Waals surface area contributed by atoms with Crippen molar-refractivity contribution >= 4 is 24.6 Å². The summed E-state index contributed by atoms with van der Waals surface area (Å²) in [7, 11) is 6.76. The van der Waals surface area contributed by atoms with E-state index in [1.807, 2.05) is 37.2 Å². The Kier molecular flexibility index (Phi) is 12.1. The highest BCUT2D eigenvalue weighted by molar-refractivity contribution is 5.74. The number of methoxy groups -OCH3 is 2. The smallest absolute Gasteiger partial charge is 0.316 e. The van der Waals surface area contributed by atoms with Crippen molar-refractivity contribution in [3.63, 3.8) is 0 Å². The minimum Gasteiger partial charge on any atom is -1.00 e. The van der Waals surface area contributed by atoms with E-state index >= 15 is 0 Å². The van der Waals surface area contributed by atoms with Crippen LogP contribution in [0.5, 0.6) is 0 Å². The van der Waals surface area contributed by atoms with Gasteiger partial charge >= 0.3 is 11.9 Å². The second-order valence-corrected chi connectivity index (χ2v) is 10.4. The van der Waals surface area contributed by atoms with Gasteiger partial charge in [0.2, 0.25) is 6.34 Å². The van der Waals surface area contributed by atoms with Gasteiger partial charge in [0.15, 0.2) is 5.54 Å². The molecule has 0 amide bonds. The lowest BCUT2D eigenvalue weighted by atomic mass is 9.76. The number of ether oxygens (including phenoxy) is 2. The lowest BCUT2D eigenvalue weighted by Gasteiger charge is -2.39. The molecular weight excluding hydrogens is 643 g/mol. The molecule has 2 aliphatic heterocycles. The molecule has 3 aromatic carbocycles. The molecule has 2 heterocycles. The van der Waals surface area contributed by atoms with Crippen LogP contribution in [-0.4, -0.2) is 93.5 Å². The Balaban J connectivity index is 0.000000342. The minimum atomic E-state index is -0.579. The molecule has 0 fully saturated rings. The van der Waals surface area contributed by atoms with Crippen molar-refractivity contribution in [1.29, 1.82) is 0 Å². The Morgan fingerprint density at radius 1 is 0.738 bits per heavy atom. The average molecular weight is 683 g/mol. The molecule has 0 N–H and O–H groups in total. The number of halogens is 1. The lowest BCUT2D eigenvalue weighted by Crippen LogP contribution is -3.00. The molecule has 222 valence electrons. The summed E-state index contributed by atoms with van der Waals surface area (Å²) < 4.78 is 12.0. The molecule has 0 bridgehead atoms. The van der Waals surface area contributed by atoms with E-state index in [1.54, 1.807) is 6.34 Å². The first-order chi connectivity index (χ1) is 19.9. The Labute approximate surface area is 265 Å². The summed E-state index contributed by atoms with van der Waals surface area (Å²) in [5.41, 5.74) is 2.87. The van der Waals surface area contributed by atoms with Crippen LogP contribution in [0, 0.1) is 11.8 Å². The Morgan fingerprint density at radius 2 is 1.17 bits per heavy atom. The summed E-state index contributed by atoms with van der Waals surface area (Å²) >= 11 is 0. The van der Waals surface area contributed by atoms with Crippen LogP contribution in [0.2, 0.25) is 0 Å². The fourth-order valence-corrected chi connectivity index (χ4v) is 5.63. The molecule has 0 aliphatic carbocycles. The predicted molar refractivity (Wildman–Crippen MR) is 160 cm³/mol. The van der Waals surface area contributed by atoms with E-state index in [1.165, 1.54) is 14.2 Å². The van der Waals surface area contributed by atoms with Gasteiger partial charge in [-0.15, -0.1) is 0 Å². The van der Waals surface area contributed by atoms with Gasteiger partial charge < -0.3 is 38.4 Å². The fraction of sp³-hybridized carbons (Fsp3) is 0.333. The Morgan fingerprint density at radius 3 is 1.60 bits per heavy atom. The highest BCUT2D eigenvalue weighted by Gasteiger charge is 2.47. The molecule has 8 nitrogen and oxygen atoms in total. The maximum atomic E-state index is 12.5. The van der Waals surface area contributed by atoms with Gasteiger partial charge in [0.1, 0.15) is 19.0 Å². The van der Waals surface area contributed by atoms with Gasteiger partial charge in [0.05, 0.1) is 40.1 Å². The third-order valence-electron chi connectivity index (χ3n) is 7.45. The van der Waals surface area contributed by atoms with Gasteiger partial charge in [-0.1, -0.05) is 91.0 Å². The molecule has 2 unspecified atom stereocenters. The summed E-state index contributed by atoms with van der Waals surface area (Å²) in [5.74, 6) is -0.674. The van der Waals surface area contributed by atoms with Crippen LogP contribution in [-0.2, 0) is 24.6 Å². The number of rotatable bonds is 6. The number of hydrogen-bond acceptors (Lipinski definition) is 7. The molecule has 2 aliphatic rings. The Bertz CT molecular complexity index is 1260. The van der Waals surface area contributed by atoms with Crippen molar-refractivity contribution < 1.29 is 47.6 Å². The first-order valence-electron chi connectivity index (χ1n) is 13.7. The number of aliphatic imine (C=N–C) groups is 1. The monoisotopic (exact) mass is 682 g/mol. The maximum absolute atomic E-state index is 12.5. The van der Waals surface area contributed by atoms with Crippen LogP contribution >= 0.6 is 0 Å². The zero-order valence-electron chi connectivity index (χ0n) is 24.6. The molecule has 0 radical (unpaired) electrons. The predicted octanol–water partition coefficient (Wildman–Crippen LogP) is 0.507. The summed E-state index contributed by atoms with van der Waals surface area (Å²) in [5, 5.41) is 0. The number of nitrogens with zero attached hydrogens (tertiary/aromatic N) is 4. The second-order valence-electron chi connectivity index (χ2n) is 10.4. The largest absolute Gasteiger partial charge is 1.00 e. The van der Waals surface area contributed by atoms with Gasteiger partial charge in [-0.05, 0) is 0 Å². The maximum Gasteiger partial charge on any atom is 0.316 e. The van der Waals surface area contributed by atoms with Crippen molar-refractivity contribution in [2.75, 3.05) is 54.5 Å². The molecular formula is C33H39IN4O4. The highest BCUT2D eigenvalue weighted by Crippen LogP contribution is 2.41. The summed E-state index contributed by atoms with van der Waals surface area (Å²) in [4.78, 5) is 31.5. The molecule has 42 heavy (non-hydrogen) atoms. The topological polar surface area (TPSA) is 74.5 Å². The zero-order valence-corrected chi connectivity index (χ0v) is 26.8. The fourth-order valence-electron chi connectivity index (χ4n) is 5.63. The Hall–Kier alpha value is -3.73. The van der Waals surface area contributed by atoms with Crippen LogP contribution in [0.15, 0.2) is 96.0 Å². The average Bonchev–Trinajstić information content (AvgIpc) is 3.02. The van der Waals surface area contributed by atoms with Crippen molar-refractivity contribution in [3.05, 3.63) is 108 Å². The zero-order chi connectivity index (χ0) is 29.2. The summed E-state index contributed by atoms with van der Waals surface area (Å²) in [6, 6.07) is 31.5. The number of carbonyl (C=O) groups is 2. The van der Waals surface area contributed by atoms with Crippen LogP contribution in [0.3, 0.4) is 0 Å². The van der Waals surface area contributed by atoms with Gasteiger partial charge in [-0.25, -0.2) is 4.58 Å². The van der Waals surface area contributed by atoms with Crippen molar-refractivity contribution in [3.8, 4) is 0 Å². The SMILES string of the molecule is COC(=O)C1CN(C)C=[N+](C(c2ccccc2)(c2ccccc2)c2ccccc2)C1.COC(=O)C1CN=CN(C)C1.[I-]. The van der Waals surface area contributed by atoms with Crippen molar-refractivity contribution in [1.82, 2.24) is 9.80 Å². The first kappa shape index (κ1) is 32.8. The quantitative estimate of drug-likeness (QED) is 0.164. The molecule has 2 atom stereocenters. The molecule has 0 saturated heterocycles. The van der Waals surface area contributed by atoms with E-state index in [4.69, 9.17) is 4.74 Å². The lowest BCUT2D eigenvalue weighted by molar-refractivity contribution is -0.603. The van der Waals surface area contributed by atoms with Gasteiger partial charge in [0, 0.05) is 30.3 Å². The van der Waals surface area contributed by atoms with Gasteiger partial charge in [-0.2, -0.15) is 0 Å². The van der Waals surface area contributed by atoms with Crippen molar-refractivity contribution in [2.45, 2.75) is 5.54 Å². The molecule has 9 heteroatoms. The van der Waals surface area contributed by atoms with E-state index in [0.717, 1.165) is 16.7 Å². The van der Waals surface area contributed by atoms with Gasteiger partial charge in [0.25, 0.3) is 0 Å². The van der Waals surface area contributed by atoms with Crippen LogP contribution in [0.1, 0.15) is 16.7 Å². The molecule has 5 rings (SSSR count). The second kappa shape index (κ2) is 15.5. The number of esters is 2. The summed E-state index contributed by atoms with van der Waals surface area (Å²) in [6.07, 6.45) is 3.87. The van der Waals surface area contributed by atoms with Crippen LogP contribution in [0.25, 0.3) is 0 Å². The van der Waals surface area contributed by atoms with E-state index in [0.29, 0.717) is 26.2 Å². The molecule has 0 spiro atoms. The number of carbonyl (C=O) groups excluding carboxylic acids is 2. The summed E-state index contributed by atoms with van der Waals surface area (Å²) in [6.45, 7) is 2.46. The standard InChI is InChI=1S/C26H27N2O2.C7H12N2O2.HI/c1-27-18-21(25(29)30-2)19-28(20-27)26(22-12-6-3-7-13-22,23-14-8-4-9-15-23)24-16-10-5-11-17-24;1-9-4-6(3-8-5-9)7(10)11-2;/h3-17,20-21H,18-19H2,1-2H3;5-6H,3-4H2,1-2H3;1H/q+1;;/p-1. The van der Waals surface area contributed by atoms with E-state index in [9.17, 15) is 9.59 Å². The van der Waals surface area contributed by atoms with Crippen LogP contribution < -0.4 is 24.0 Å². The number of hydrogen-bond donors (Lipinski definition) is 0. The minimum absolute atomic E-state index is 0. The third kappa shape index (κ3) is 7.36. The van der Waals surface area contributed by atoms with Crippen molar-refractivity contribution in [2.24, 2.45) is 16.8 Å². The highest BCUT2D eigenvalue weighted by atomic mass is 127. The van der Waals surface area contributed by atoms with Crippen LogP contribution in [0.4, 0.5) is 0 Å². The first-order valence-corrected chi connectivity index (χ1v) is 13.7. The molecule has 0 aromatic heterocycles. The normalized spacial score (nSPS) is 18.0. The number of benzene rings is 3.